The average Bonchev–Trinajstić information content (AvgIpc) is 2.94. The molecule has 1 heterocycles. The van der Waals surface area contributed by atoms with Gasteiger partial charge in [0.2, 0.25) is 5.91 Å². The number of esters is 1. The van der Waals surface area contributed by atoms with Gasteiger partial charge in [0.1, 0.15) is 21.7 Å². The van der Waals surface area contributed by atoms with Crippen molar-refractivity contribution < 1.29 is 19.1 Å². The van der Waals surface area contributed by atoms with E-state index in [1.807, 2.05) is 18.2 Å². The van der Waals surface area contributed by atoms with Crippen LogP contribution in [0.25, 0.3) is 6.08 Å². The molecule has 0 radical (unpaired) electrons. The van der Waals surface area contributed by atoms with Crippen molar-refractivity contribution in [1.29, 1.82) is 5.26 Å². The number of carbonyl (C=O) groups is 2. The van der Waals surface area contributed by atoms with Crippen LogP contribution >= 0.6 is 11.3 Å². The Morgan fingerprint density at radius 3 is 2.48 bits per heavy atom. The number of nitriles is 1. The Labute approximate surface area is 149 Å². The third-order valence-corrected chi connectivity index (χ3v) is 4.60. The second-order valence-electron chi connectivity index (χ2n) is 4.96. The zero-order chi connectivity index (χ0) is 18.4. The third-order valence-electron chi connectivity index (χ3n) is 3.41. The Morgan fingerprint density at radius 1 is 1.24 bits per heavy atom. The monoisotopic (exact) mass is 356 g/mol. The molecule has 1 amide bonds. The number of nitrogens with zero attached hydrogens (tertiary/aromatic N) is 1. The van der Waals surface area contributed by atoms with Crippen LogP contribution in [0.1, 0.15) is 26.4 Å². The zero-order valence-electron chi connectivity index (χ0n) is 14.0. The van der Waals surface area contributed by atoms with Crippen molar-refractivity contribution >= 4 is 34.3 Å². The molecule has 6 nitrogen and oxygen atoms in total. The average molecular weight is 356 g/mol. The smallest absolute Gasteiger partial charge is 0.348 e. The van der Waals surface area contributed by atoms with Crippen molar-refractivity contribution in [2.45, 2.75) is 6.92 Å². The van der Waals surface area contributed by atoms with Crippen LogP contribution in [-0.4, -0.2) is 26.1 Å². The van der Waals surface area contributed by atoms with Gasteiger partial charge in [-0.2, -0.15) is 5.26 Å². The molecule has 1 aromatic heterocycles. The lowest BCUT2D eigenvalue weighted by molar-refractivity contribution is -0.111. The molecule has 0 aliphatic carbocycles. The fourth-order valence-corrected chi connectivity index (χ4v) is 3.14. The maximum atomic E-state index is 12.1. The first-order chi connectivity index (χ1) is 12.0. The van der Waals surface area contributed by atoms with Crippen molar-refractivity contribution in [2.75, 3.05) is 19.5 Å². The number of hydrogen-bond donors (Lipinski definition) is 1. The minimum Gasteiger partial charge on any atom is -0.497 e. The summed E-state index contributed by atoms with van der Waals surface area (Å²) in [7, 11) is 2.85. The molecule has 0 fully saturated rings. The molecule has 7 heteroatoms. The standard InChI is InChI=1S/C18H16N2O4S/c1-11-14(10-19)17(25-16(11)18(22)24-3)20-15(21)9-6-12-4-7-13(23-2)8-5-12/h4-9H,1-3H3,(H,20,21)/b9-6+. The molecule has 0 atom stereocenters. The minimum atomic E-state index is -0.534. The highest BCUT2D eigenvalue weighted by molar-refractivity contribution is 7.18. The molecule has 1 aromatic carbocycles. The van der Waals surface area contributed by atoms with Crippen LogP contribution in [0.15, 0.2) is 30.3 Å². The Balaban J connectivity index is 2.15. The molecule has 0 saturated heterocycles. The Kier molecular flexibility index (Phi) is 5.93. The molecule has 25 heavy (non-hydrogen) atoms. The lowest BCUT2D eigenvalue weighted by Gasteiger charge is -2.00. The molecule has 128 valence electrons. The number of hydrogen-bond acceptors (Lipinski definition) is 6. The van der Waals surface area contributed by atoms with Gasteiger partial charge in [-0.1, -0.05) is 12.1 Å². The molecule has 0 aliphatic heterocycles. The van der Waals surface area contributed by atoms with Crippen molar-refractivity contribution in [3.8, 4) is 11.8 Å². The van der Waals surface area contributed by atoms with Crippen molar-refractivity contribution in [1.82, 2.24) is 0 Å². The molecule has 0 unspecified atom stereocenters. The van der Waals surface area contributed by atoms with E-state index in [1.54, 1.807) is 32.2 Å². The minimum absolute atomic E-state index is 0.261. The molecular formula is C18H16N2O4S. The van der Waals surface area contributed by atoms with Crippen LogP contribution in [0.2, 0.25) is 0 Å². The van der Waals surface area contributed by atoms with Crippen LogP contribution in [0.4, 0.5) is 5.00 Å². The summed E-state index contributed by atoms with van der Waals surface area (Å²) in [5.74, 6) is -0.206. The lowest BCUT2D eigenvalue weighted by atomic mass is 10.1. The molecular weight excluding hydrogens is 340 g/mol. The number of thiophene rings is 1. The van der Waals surface area contributed by atoms with Crippen LogP contribution in [0, 0.1) is 18.3 Å². The van der Waals surface area contributed by atoms with Gasteiger partial charge in [-0.15, -0.1) is 11.3 Å². The first-order valence-electron chi connectivity index (χ1n) is 7.25. The van der Waals surface area contributed by atoms with Gasteiger partial charge in [-0.25, -0.2) is 4.79 Å². The maximum absolute atomic E-state index is 12.1. The Morgan fingerprint density at radius 2 is 1.92 bits per heavy atom. The highest BCUT2D eigenvalue weighted by Crippen LogP contribution is 2.32. The largest absolute Gasteiger partial charge is 0.497 e. The van der Waals surface area contributed by atoms with E-state index in [9.17, 15) is 14.9 Å². The summed E-state index contributed by atoms with van der Waals surface area (Å²) >= 11 is 1.02. The predicted octanol–water partition coefficient (Wildman–Crippen LogP) is 3.38. The van der Waals surface area contributed by atoms with Crippen LogP contribution in [0.3, 0.4) is 0 Å². The zero-order valence-corrected chi connectivity index (χ0v) is 14.8. The number of rotatable bonds is 5. The molecule has 0 bridgehead atoms. The number of ether oxygens (including phenoxy) is 2. The second-order valence-corrected chi connectivity index (χ2v) is 5.98. The number of nitrogens with one attached hydrogen (secondary N) is 1. The number of amides is 1. The van der Waals surface area contributed by atoms with E-state index in [2.05, 4.69) is 10.1 Å². The molecule has 0 spiro atoms. The molecule has 0 saturated carbocycles. The SMILES string of the molecule is COC(=O)c1sc(NC(=O)/C=C/c2ccc(OC)cc2)c(C#N)c1C. The van der Waals surface area contributed by atoms with Gasteiger partial charge in [-0.05, 0) is 36.3 Å². The third kappa shape index (κ3) is 4.25. The summed E-state index contributed by atoms with van der Waals surface area (Å²) in [6, 6.07) is 9.21. The quantitative estimate of drug-likeness (QED) is 0.655. The number of anilines is 1. The number of methoxy groups -OCH3 is 2. The molecule has 0 aliphatic rings. The van der Waals surface area contributed by atoms with Crippen LogP contribution in [0.5, 0.6) is 5.75 Å². The topological polar surface area (TPSA) is 88.4 Å². The number of benzene rings is 1. The van der Waals surface area contributed by atoms with Crippen LogP contribution in [-0.2, 0) is 9.53 Å². The Hall–Kier alpha value is -3.11. The second kappa shape index (κ2) is 8.13. The fourth-order valence-electron chi connectivity index (χ4n) is 2.06. The number of carbonyl (C=O) groups excluding carboxylic acids is 2. The van der Waals surface area contributed by atoms with Gasteiger partial charge in [-0.3, -0.25) is 4.79 Å². The van der Waals surface area contributed by atoms with E-state index in [-0.39, 0.29) is 5.56 Å². The highest BCUT2D eigenvalue weighted by Gasteiger charge is 2.21. The van der Waals surface area contributed by atoms with E-state index in [0.717, 1.165) is 22.6 Å². The summed E-state index contributed by atoms with van der Waals surface area (Å²) < 4.78 is 9.76. The van der Waals surface area contributed by atoms with Gasteiger partial charge < -0.3 is 14.8 Å². The molecule has 2 rings (SSSR count). The molecule has 2 aromatic rings. The van der Waals surface area contributed by atoms with Crippen molar-refractivity contribution in [3.63, 3.8) is 0 Å². The van der Waals surface area contributed by atoms with Gasteiger partial charge in [0.25, 0.3) is 0 Å². The lowest BCUT2D eigenvalue weighted by Crippen LogP contribution is -2.07. The summed E-state index contributed by atoms with van der Waals surface area (Å²) in [5.41, 5.74) is 1.58. The van der Waals surface area contributed by atoms with Gasteiger partial charge in [0, 0.05) is 6.08 Å². The van der Waals surface area contributed by atoms with Gasteiger partial charge >= 0.3 is 5.97 Å². The highest BCUT2D eigenvalue weighted by atomic mass is 32.1. The van der Waals surface area contributed by atoms with Gasteiger partial charge in [0.15, 0.2) is 0 Å². The van der Waals surface area contributed by atoms with Crippen molar-refractivity contribution in [3.05, 3.63) is 51.9 Å². The van der Waals surface area contributed by atoms with Gasteiger partial charge in [0.05, 0.1) is 19.8 Å². The summed E-state index contributed by atoms with van der Waals surface area (Å²) in [6.45, 7) is 1.64. The normalized spacial score (nSPS) is 10.3. The summed E-state index contributed by atoms with van der Waals surface area (Å²) in [4.78, 5) is 24.1. The van der Waals surface area contributed by atoms with E-state index < -0.39 is 11.9 Å². The molecule has 1 N–H and O–H groups in total. The fraction of sp³-hybridized carbons (Fsp3) is 0.167. The van der Waals surface area contributed by atoms with E-state index in [1.165, 1.54) is 13.2 Å². The Bertz CT molecular complexity index is 860. The van der Waals surface area contributed by atoms with Crippen LogP contribution < -0.4 is 10.1 Å². The first kappa shape index (κ1) is 18.2. The van der Waals surface area contributed by atoms with E-state index in [4.69, 9.17) is 4.74 Å². The van der Waals surface area contributed by atoms with Crippen molar-refractivity contribution in [2.24, 2.45) is 0 Å². The first-order valence-corrected chi connectivity index (χ1v) is 8.06. The van der Waals surface area contributed by atoms with E-state index >= 15 is 0 Å². The summed E-state index contributed by atoms with van der Waals surface area (Å²) in [5, 5.41) is 12.2. The summed E-state index contributed by atoms with van der Waals surface area (Å²) in [6.07, 6.45) is 3.00. The maximum Gasteiger partial charge on any atom is 0.348 e. The van der Waals surface area contributed by atoms with E-state index in [0.29, 0.717) is 15.4 Å². The predicted molar refractivity (Wildman–Crippen MR) is 95.8 cm³/mol.